The molecule has 0 aromatic carbocycles. The number of rotatable bonds is 7. The first-order chi connectivity index (χ1) is 10.4. The number of aliphatic imine (C=N–C) groups is 1. The van der Waals surface area contributed by atoms with Crippen molar-refractivity contribution in [1.29, 1.82) is 0 Å². The Balaban J connectivity index is 0.00000242. The van der Waals surface area contributed by atoms with Crippen molar-refractivity contribution >= 4 is 41.3 Å². The molecule has 5 nitrogen and oxygen atoms in total. The van der Waals surface area contributed by atoms with Crippen LogP contribution in [0.1, 0.15) is 4.88 Å². The number of halogens is 1. The summed E-state index contributed by atoms with van der Waals surface area (Å²) in [6.45, 7) is 2.12. The predicted molar refractivity (Wildman–Crippen MR) is 103 cm³/mol. The van der Waals surface area contributed by atoms with Crippen LogP contribution in [0.2, 0.25) is 0 Å². The summed E-state index contributed by atoms with van der Waals surface area (Å²) in [5.41, 5.74) is 0. The Labute approximate surface area is 152 Å². The number of guanidine groups is 1. The van der Waals surface area contributed by atoms with Crippen molar-refractivity contribution < 1.29 is 4.74 Å². The molecule has 2 rings (SSSR count). The largest absolute Gasteiger partial charge is 0.490 e. The summed E-state index contributed by atoms with van der Waals surface area (Å²) in [7, 11) is 1.77. The number of nitrogens with one attached hydrogen (secondary N) is 2. The highest BCUT2D eigenvalue weighted by Gasteiger charge is 1.98. The van der Waals surface area contributed by atoms with Gasteiger partial charge in [-0.05, 0) is 30.0 Å². The quantitative estimate of drug-likeness (QED) is 0.306. The van der Waals surface area contributed by atoms with Crippen molar-refractivity contribution in [2.45, 2.75) is 6.42 Å². The van der Waals surface area contributed by atoms with Crippen LogP contribution in [0.25, 0.3) is 0 Å². The van der Waals surface area contributed by atoms with Crippen LogP contribution in [0.4, 0.5) is 0 Å². The van der Waals surface area contributed by atoms with Crippen LogP contribution in [0.5, 0.6) is 5.75 Å². The number of aromatic nitrogens is 1. The first-order valence-corrected chi connectivity index (χ1v) is 7.76. The number of ether oxygens (including phenoxy) is 1. The second-order valence-corrected chi connectivity index (χ2v) is 5.32. The molecule has 2 aromatic heterocycles. The van der Waals surface area contributed by atoms with Crippen LogP contribution < -0.4 is 15.4 Å². The summed E-state index contributed by atoms with van der Waals surface area (Å²) >= 11 is 1.78. The molecular weight excluding hydrogens is 411 g/mol. The van der Waals surface area contributed by atoms with E-state index in [1.54, 1.807) is 30.8 Å². The van der Waals surface area contributed by atoms with E-state index in [2.05, 4.69) is 38.1 Å². The highest BCUT2D eigenvalue weighted by Crippen LogP contribution is 2.08. The molecule has 0 unspecified atom stereocenters. The summed E-state index contributed by atoms with van der Waals surface area (Å²) in [6, 6.07) is 7.96. The summed E-state index contributed by atoms with van der Waals surface area (Å²) < 4.78 is 5.56. The fourth-order valence-electron chi connectivity index (χ4n) is 1.75. The number of thiophene rings is 1. The smallest absolute Gasteiger partial charge is 0.191 e. The third kappa shape index (κ3) is 7.08. The molecule has 0 atom stereocenters. The van der Waals surface area contributed by atoms with Crippen LogP contribution in [0, 0.1) is 0 Å². The Bertz CT molecular complexity index is 534. The number of hydrogen-bond acceptors (Lipinski definition) is 4. The molecule has 0 bridgehead atoms. The van der Waals surface area contributed by atoms with Crippen molar-refractivity contribution in [3.8, 4) is 5.75 Å². The SMILES string of the molecule is CN=C(NCCOc1cccnc1)NCCc1cccs1.I. The average Bonchev–Trinajstić information content (AvgIpc) is 3.04. The van der Waals surface area contributed by atoms with Gasteiger partial charge in [0.2, 0.25) is 0 Å². The van der Waals surface area contributed by atoms with Gasteiger partial charge in [-0.1, -0.05) is 6.07 Å². The van der Waals surface area contributed by atoms with Gasteiger partial charge in [0, 0.05) is 24.7 Å². The maximum absolute atomic E-state index is 5.56. The fourth-order valence-corrected chi connectivity index (χ4v) is 2.46. The van der Waals surface area contributed by atoms with Gasteiger partial charge in [-0.2, -0.15) is 0 Å². The minimum absolute atomic E-state index is 0. The maximum Gasteiger partial charge on any atom is 0.191 e. The summed E-state index contributed by atoms with van der Waals surface area (Å²) in [6.07, 6.45) is 4.43. The summed E-state index contributed by atoms with van der Waals surface area (Å²) in [5, 5.41) is 8.60. The molecular formula is C15H21IN4OS. The van der Waals surface area contributed by atoms with Crippen LogP contribution in [-0.2, 0) is 6.42 Å². The Morgan fingerprint density at radius 2 is 2.14 bits per heavy atom. The topological polar surface area (TPSA) is 58.5 Å². The van der Waals surface area contributed by atoms with Gasteiger partial charge in [-0.25, -0.2) is 0 Å². The van der Waals surface area contributed by atoms with Gasteiger partial charge in [-0.3, -0.25) is 9.98 Å². The number of nitrogens with zero attached hydrogens (tertiary/aromatic N) is 2. The van der Waals surface area contributed by atoms with Crippen molar-refractivity contribution in [1.82, 2.24) is 15.6 Å². The van der Waals surface area contributed by atoms with Gasteiger partial charge < -0.3 is 15.4 Å². The zero-order valence-corrected chi connectivity index (χ0v) is 15.6. The molecule has 2 aromatic rings. The van der Waals surface area contributed by atoms with Crippen LogP contribution in [0.15, 0.2) is 47.0 Å². The van der Waals surface area contributed by atoms with Crippen molar-refractivity contribution in [2.75, 3.05) is 26.7 Å². The standard InChI is InChI=1S/C15H20N4OS.HI/c1-16-15(18-8-6-14-5-3-11-21-14)19-9-10-20-13-4-2-7-17-12-13;/h2-5,7,11-12H,6,8-10H2,1H3,(H2,16,18,19);1H. The first-order valence-electron chi connectivity index (χ1n) is 6.88. The lowest BCUT2D eigenvalue weighted by Gasteiger charge is -2.12. The van der Waals surface area contributed by atoms with Gasteiger partial charge in [0.15, 0.2) is 5.96 Å². The fraction of sp³-hybridized carbons (Fsp3) is 0.333. The van der Waals surface area contributed by atoms with Gasteiger partial charge in [-0.15, -0.1) is 35.3 Å². The molecule has 7 heteroatoms. The molecule has 0 radical (unpaired) electrons. The Hall–Kier alpha value is -1.35. The minimum Gasteiger partial charge on any atom is -0.490 e. The van der Waals surface area contributed by atoms with E-state index in [4.69, 9.17) is 4.74 Å². The molecule has 120 valence electrons. The zero-order chi connectivity index (χ0) is 14.8. The molecule has 22 heavy (non-hydrogen) atoms. The average molecular weight is 432 g/mol. The van der Waals surface area contributed by atoms with Gasteiger partial charge in [0.05, 0.1) is 12.7 Å². The van der Waals surface area contributed by atoms with Crippen molar-refractivity contribution in [3.05, 3.63) is 46.9 Å². The van der Waals surface area contributed by atoms with Gasteiger partial charge >= 0.3 is 0 Å². The first kappa shape index (κ1) is 18.7. The highest BCUT2D eigenvalue weighted by molar-refractivity contribution is 14.0. The van der Waals surface area contributed by atoms with E-state index < -0.39 is 0 Å². The molecule has 0 aliphatic rings. The second-order valence-electron chi connectivity index (χ2n) is 4.29. The third-order valence-electron chi connectivity index (χ3n) is 2.77. The molecule has 0 amide bonds. The summed E-state index contributed by atoms with van der Waals surface area (Å²) in [4.78, 5) is 9.55. The van der Waals surface area contributed by atoms with E-state index in [1.807, 2.05) is 12.1 Å². The molecule has 2 N–H and O–H groups in total. The van der Waals surface area contributed by atoms with E-state index in [9.17, 15) is 0 Å². The van der Waals surface area contributed by atoms with Crippen molar-refractivity contribution in [2.24, 2.45) is 4.99 Å². The van der Waals surface area contributed by atoms with E-state index in [0.717, 1.165) is 24.7 Å². The Kier molecular flexibility index (Phi) is 9.56. The maximum atomic E-state index is 5.56. The van der Waals surface area contributed by atoms with Gasteiger partial charge in [0.25, 0.3) is 0 Å². The normalized spacial score (nSPS) is 10.7. The van der Waals surface area contributed by atoms with E-state index >= 15 is 0 Å². The molecule has 0 saturated carbocycles. The lowest BCUT2D eigenvalue weighted by molar-refractivity contribution is 0.320. The van der Waals surface area contributed by atoms with Crippen LogP contribution in [-0.4, -0.2) is 37.7 Å². The lowest BCUT2D eigenvalue weighted by Crippen LogP contribution is -2.40. The van der Waals surface area contributed by atoms with Crippen LogP contribution >= 0.6 is 35.3 Å². The van der Waals surface area contributed by atoms with Gasteiger partial charge in [0.1, 0.15) is 12.4 Å². The Morgan fingerprint density at radius 3 is 2.82 bits per heavy atom. The molecule has 0 fully saturated rings. The second kappa shape index (κ2) is 11.2. The Morgan fingerprint density at radius 1 is 1.27 bits per heavy atom. The third-order valence-corrected chi connectivity index (χ3v) is 3.70. The monoisotopic (exact) mass is 432 g/mol. The van der Waals surface area contributed by atoms with E-state index in [1.165, 1.54) is 4.88 Å². The summed E-state index contributed by atoms with van der Waals surface area (Å²) in [5.74, 6) is 1.57. The highest BCUT2D eigenvalue weighted by atomic mass is 127. The van der Waals surface area contributed by atoms with E-state index in [-0.39, 0.29) is 24.0 Å². The zero-order valence-electron chi connectivity index (χ0n) is 12.5. The van der Waals surface area contributed by atoms with E-state index in [0.29, 0.717) is 13.2 Å². The predicted octanol–water partition coefficient (Wildman–Crippen LogP) is 2.55. The van der Waals surface area contributed by atoms with Crippen LogP contribution in [0.3, 0.4) is 0 Å². The lowest BCUT2D eigenvalue weighted by atomic mass is 10.3. The number of hydrogen-bond donors (Lipinski definition) is 2. The number of pyridine rings is 1. The molecule has 0 spiro atoms. The molecule has 0 aliphatic carbocycles. The molecule has 0 aliphatic heterocycles. The molecule has 0 saturated heterocycles. The van der Waals surface area contributed by atoms with Crippen molar-refractivity contribution in [3.63, 3.8) is 0 Å². The molecule has 2 heterocycles. The minimum atomic E-state index is 0.